The van der Waals surface area contributed by atoms with Gasteiger partial charge in [0.15, 0.2) is 6.10 Å². The number of aryl methyl sites for hydroxylation is 2. The van der Waals surface area contributed by atoms with Crippen LogP contribution in [0.3, 0.4) is 0 Å². The number of amides is 1. The van der Waals surface area contributed by atoms with Crippen LogP contribution in [0.4, 0.5) is 5.69 Å². The average molecular weight is 440 g/mol. The number of unbranched alkanes of at least 4 members (excludes halogenated alkanes) is 6. The maximum atomic E-state index is 13.0. The zero-order chi connectivity index (χ0) is 23.2. The van der Waals surface area contributed by atoms with Crippen molar-refractivity contribution in [2.45, 2.75) is 91.6 Å². The summed E-state index contributed by atoms with van der Waals surface area (Å²) in [6, 6.07) is 13.7. The Bertz CT molecular complexity index is 801. The van der Waals surface area contributed by atoms with E-state index in [0.717, 1.165) is 42.9 Å². The minimum Gasteiger partial charge on any atom is -0.493 e. The first-order valence-electron chi connectivity index (χ1n) is 12.3. The fraction of sp³-hybridized carbons (Fsp3) is 0.536. The number of anilines is 1. The van der Waals surface area contributed by atoms with Gasteiger partial charge in [0.25, 0.3) is 5.91 Å². The molecule has 32 heavy (non-hydrogen) atoms. The SMILES string of the molecule is CCCCCCOc1ccc(OC(CCCCCC)C(=O)Nc2ccc(C)cc2)cc1C. The van der Waals surface area contributed by atoms with Gasteiger partial charge in [-0.25, -0.2) is 0 Å². The van der Waals surface area contributed by atoms with Crippen LogP contribution in [0.2, 0.25) is 0 Å². The zero-order valence-corrected chi connectivity index (χ0v) is 20.4. The normalized spacial score (nSPS) is 11.8. The second-order valence-electron chi connectivity index (χ2n) is 8.65. The summed E-state index contributed by atoms with van der Waals surface area (Å²) in [6.07, 6.45) is 9.35. The van der Waals surface area contributed by atoms with Crippen molar-refractivity contribution in [3.63, 3.8) is 0 Å². The second-order valence-corrected chi connectivity index (χ2v) is 8.65. The van der Waals surface area contributed by atoms with E-state index in [1.165, 1.54) is 37.7 Å². The van der Waals surface area contributed by atoms with Gasteiger partial charge in [-0.2, -0.15) is 0 Å². The quantitative estimate of drug-likeness (QED) is 0.290. The van der Waals surface area contributed by atoms with E-state index >= 15 is 0 Å². The first kappa shape index (κ1) is 25.8. The number of nitrogens with one attached hydrogen (secondary N) is 1. The third-order valence-electron chi connectivity index (χ3n) is 5.61. The number of carbonyl (C=O) groups excluding carboxylic acids is 1. The van der Waals surface area contributed by atoms with E-state index in [4.69, 9.17) is 9.47 Å². The van der Waals surface area contributed by atoms with Crippen LogP contribution in [0.1, 0.15) is 82.8 Å². The maximum Gasteiger partial charge on any atom is 0.265 e. The van der Waals surface area contributed by atoms with Gasteiger partial charge in [0.05, 0.1) is 6.61 Å². The third-order valence-corrected chi connectivity index (χ3v) is 5.61. The molecule has 0 spiro atoms. The lowest BCUT2D eigenvalue weighted by atomic mass is 10.1. The van der Waals surface area contributed by atoms with Crippen molar-refractivity contribution in [1.82, 2.24) is 0 Å². The van der Waals surface area contributed by atoms with Crippen LogP contribution in [0.5, 0.6) is 11.5 Å². The molecule has 4 nitrogen and oxygen atoms in total. The number of carbonyl (C=O) groups is 1. The number of hydrogen-bond donors (Lipinski definition) is 1. The Morgan fingerprint density at radius 3 is 2.22 bits per heavy atom. The van der Waals surface area contributed by atoms with Crippen LogP contribution >= 0.6 is 0 Å². The van der Waals surface area contributed by atoms with Crippen molar-refractivity contribution in [3.05, 3.63) is 53.6 Å². The molecule has 0 aromatic heterocycles. The lowest BCUT2D eigenvalue weighted by molar-refractivity contribution is -0.123. The van der Waals surface area contributed by atoms with Crippen LogP contribution in [0.25, 0.3) is 0 Å². The van der Waals surface area contributed by atoms with E-state index in [1.807, 2.05) is 56.3 Å². The molecular formula is C28H41NO3. The Labute approximate surface area is 194 Å². The number of hydrogen-bond acceptors (Lipinski definition) is 3. The highest BCUT2D eigenvalue weighted by Gasteiger charge is 2.21. The molecule has 0 aliphatic heterocycles. The molecule has 1 N–H and O–H groups in total. The number of benzene rings is 2. The number of rotatable bonds is 15. The lowest BCUT2D eigenvalue weighted by Crippen LogP contribution is -2.33. The summed E-state index contributed by atoms with van der Waals surface area (Å²) in [5.74, 6) is 1.50. The molecule has 2 aromatic rings. The Hall–Kier alpha value is -2.49. The Balaban J connectivity index is 1.99. The first-order chi connectivity index (χ1) is 15.5. The van der Waals surface area contributed by atoms with Gasteiger partial charge in [-0.1, -0.05) is 70.1 Å². The van der Waals surface area contributed by atoms with Gasteiger partial charge in [0, 0.05) is 5.69 Å². The fourth-order valence-electron chi connectivity index (χ4n) is 3.59. The van der Waals surface area contributed by atoms with Crippen molar-refractivity contribution in [3.8, 4) is 11.5 Å². The minimum atomic E-state index is -0.520. The summed E-state index contributed by atoms with van der Waals surface area (Å²) >= 11 is 0. The molecule has 0 aliphatic rings. The summed E-state index contributed by atoms with van der Waals surface area (Å²) in [5.41, 5.74) is 2.99. The van der Waals surface area contributed by atoms with Crippen LogP contribution in [-0.4, -0.2) is 18.6 Å². The minimum absolute atomic E-state index is 0.0979. The highest BCUT2D eigenvalue weighted by molar-refractivity contribution is 5.94. The van der Waals surface area contributed by atoms with Gasteiger partial charge in [0.2, 0.25) is 0 Å². The maximum absolute atomic E-state index is 13.0. The van der Waals surface area contributed by atoms with Gasteiger partial charge in [0.1, 0.15) is 11.5 Å². The monoisotopic (exact) mass is 439 g/mol. The molecule has 0 heterocycles. The van der Waals surface area contributed by atoms with Crippen LogP contribution < -0.4 is 14.8 Å². The molecule has 1 amide bonds. The standard InChI is InChI=1S/C28H41NO3/c1-5-7-9-11-13-27(28(30)29-24-16-14-22(3)15-17-24)32-25-18-19-26(23(4)21-25)31-20-12-10-8-6-2/h14-19,21,27H,5-13,20H2,1-4H3,(H,29,30). The van der Waals surface area contributed by atoms with Crippen molar-refractivity contribution < 1.29 is 14.3 Å². The first-order valence-corrected chi connectivity index (χ1v) is 12.3. The summed E-state index contributed by atoms with van der Waals surface area (Å²) in [4.78, 5) is 13.0. The molecule has 0 aliphatic carbocycles. The Kier molecular flexibility index (Phi) is 11.7. The molecule has 0 fully saturated rings. The predicted molar refractivity (Wildman–Crippen MR) is 134 cm³/mol. The number of ether oxygens (including phenoxy) is 2. The van der Waals surface area contributed by atoms with Gasteiger partial charge in [-0.15, -0.1) is 0 Å². The molecule has 1 atom stereocenters. The molecule has 0 bridgehead atoms. The smallest absolute Gasteiger partial charge is 0.265 e. The highest BCUT2D eigenvalue weighted by atomic mass is 16.5. The van der Waals surface area contributed by atoms with Gasteiger partial charge >= 0.3 is 0 Å². The van der Waals surface area contributed by atoms with E-state index in [9.17, 15) is 4.79 Å². The van der Waals surface area contributed by atoms with E-state index in [2.05, 4.69) is 19.2 Å². The zero-order valence-electron chi connectivity index (χ0n) is 20.4. The van der Waals surface area contributed by atoms with E-state index in [1.54, 1.807) is 0 Å². The molecule has 176 valence electrons. The summed E-state index contributed by atoms with van der Waals surface area (Å²) in [5, 5.41) is 3.01. The van der Waals surface area contributed by atoms with Crippen molar-refractivity contribution >= 4 is 11.6 Å². The second kappa shape index (κ2) is 14.5. The largest absolute Gasteiger partial charge is 0.493 e. The molecular weight excluding hydrogens is 398 g/mol. The molecule has 1 unspecified atom stereocenters. The molecule has 0 radical (unpaired) electrons. The lowest BCUT2D eigenvalue weighted by Gasteiger charge is -2.20. The average Bonchev–Trinajstić information content (AvgIpc) is 2.78. The summed E-state index contributed by atoms with van der Waals surface area (Å²) in [6.45, 7) is 9.19. The van der Waals surface area contributed by atoms with Crippen molar-refractivity contribution in [2.24, 2.45) is 0 Å². The summed E-state index contributed by atoms with van der Waals surface area (Å²) in [7, 11) is 0. The van der Waals surface area contributed by atoms with Gasteiger partial charge in [-0.05, 0) is 69.0 Å². The van der Waals surface area contributed by atoms with E-state index < -0.39 is 6.10 Å². The van der Waals surface area contributed by atoms with Gasteiger partial charge < -0.3 is 14.8 Å². The molecule has 0 saturated heterocycles. The topological polar surface area (TPSA) is 47.6 Å². The van der Waals surface area contributed by atoms with Crippen molar-refractivity contribution in [2.75, 3.05) is 11.9 Å². The molecule has 4 heteroatoms. The van der Waals surface area contributed by atoms with Crippen molar-refractivity contribution in [1.29, 1.82) is 0 Å². The van der Waals surface area contributed by atoms with Gasteiger partial charge in [-0.3, -0.25) is 4.79 Å². The third kappa shape index (κ3) is 9.33. The van der Waals surface area contributed by atoms with E-state index in [-0.39, 0.29) is 5.91 Å². The molecule has 2 aromatic carbocycles. The molecule has 2 rings (SSSR count). The summed E-state index contributed by atoms with van der Waals surface area (Å²) < 4.78 is 12.1. The van der Waals surface area contributed by atoms with Crippen LogP contribution in [0.15, 0.2) is 42.5 Å². The molecule has 0 saturated carbocycles. The Morgan fingerprint density at radius 1 is 0.875 bits per heavy atom. The Morgan fingerprint density at radius 2 is 1.56 bits per heavy atom. The fourth-order valence-corrected chi connectivity index (χ4v) is 3.59. The van der Waals surface area contributed by atoms with E-state index in [0.29, 0.717) is 12.2 Å². The highest BCUT2D eigenvalue weighted by Crippen LogP contribution is 2.26. The predicted octanol–water partition coefficient (Wildman–Crippen LogP) is 7.62. The van der Waals surface area contributed by atoms with Crippen LogP contribution in [0, 0.1) is 13.8 Å². The van der Waals surface area contributed by atoms with Crippen LogP contribution in [-0.2, 0) is 4.79 Å².